The molecule has 2 heterocycles. The van der Waals surface area contributed by atoms with E-state index < -0.39 is 0 Å². The third kappa shape index (κ3) is 4.60. The number of nitrogens with one attached hydrogen (secondary N) is 1. The first-order chi connectivity index (χ1) is 11.3. The van der Waals surface area contributed by atoms with Gasteiger partial charge in [0.15, 0.2) is 0 Å². The number of nitrogens with zero attached hydrogens (tertiary/aromatic N) is 3. The molecule has 1 aliphatic rings. The highest BCUT2D eigenvalue weighted by Gasteiger charge is 2.20. The molecule has 5 heteroatoms. The van der Waals surface area contributed by atoms with Crippen molar-refractivity contribution in [3.05, 3.63) is 60.2 Å². The van der Waals surface area contributed by atoms with E-state index in [0.29, 0.717) is 6.04 Å². The first-order valence-electron chi connectivity index (χ1n) is 7.99. The van der Waals surface area contributed by atoms with Crippen molar-refractivity contribution < 1.29 is 4.39 Å². The summed E-state index contributed by atoms with van der Waals surface area (Å²) in [5, 5.41) is 3.54. The third-order valence-electron chi connectivity index (χ3n) is 3.96. The Morgan fingerprint density at radius 1 is 1.22 bits per heavy atom. The van der Waals surface area contributed by atoms with Crippen molar-refractivity contribution in [1.82, 2.24) is 15.3 Å². The largest absolute Gasteiger partial charge is 0.339 e. The predicted molar refractivity (Wildman–Crippen MR) is 90.7 cm³/mol. The van der Waals surface area contributed by atoms with Crippen LogP contribution in [0.5, 0.6) is 0 Å². The Morgan fingerprint density at radius 2 is 2.00 bits per heavy atom. The van der Waals surface area contributed by atoms with E-state index in [1.165, 1.54) is 12.1 Å². The molecule has 1 saturated heterocycles. The minimum absolute atomic E-state index is 0.203. The summed E-state index contributed by atoms with van der Waals surface area (Å²) >= 11 is 0. The summed E-state index contributed by atoms with van der Waals surface area (Å²) in [7, 11) is 0. The van der Waals surface area contributed by atoms with E-state index >= 15 is 0 Å². The number of anilines is 1. The van der Waals surface area contributed by atoms with Crippen molar-refractivity contribution in [3.63, 3.8) is 0 Å². The van der Waals surface area contributed by atoms with Gasteiger partial charge in [-0.3, -0.25) is 0 Å². The van der Waals surface area contributed by atoms with Crippen LogP contribution in [0, 0.1) is 5.82 Å². The number of benzene rings is 1. The molecule has 0 spiro atoms. The fraction of sp³-hybridized carbons (Fsp3) is 0.333. The van der Waals surface area contributed by atoms with Gasteiger partial charge in [0.25, 0.3) is 0 Å². The first kappa shape index (κ1) is 15.6. The molecule has 0 amide bonds. The van der Waals surface area contributed by atoms with Crippen LogP contribution in [-0.2, 0) is 0 Å². The Balaban J connectivity index is 1.47. The minimum atomic E-state index is -0.203. The van der Waals surface area contributed by atoms with E-state index in [1.807, 2.05) is 12.1 Å². The molecule has 4 nitrogen and oxygen atoms in total. The Kier molecular flexibility index (Phi) is 5.32. The molecule has 1 N–H and O–H groups in total. The van der Waals surface area contributed by atoms with Gasteiger partial charge in [0.05, 0.1) is 0 Å². The van der Waals surface area contributed by atoms with Crippen molar-refractivity contribution in [2.75, 3.05) is 24.5 Å². The second-order valence-electron chi connectivity index (χ2n) is 5.70. The second kappa shape index (κ2) is 7.83. The Labute approximate surface area is 136 Å². The molecule has 120 valence electrons. The lowest BCUT2D eigenvalue weighted by molar-refractivity contribution is 0.434. The Hall–Kier alpha value is -2.27. The minimum Gasteiger partial charge on any atom is -0.339 e. The van der Waals surface area contributed by atoms with Gasteiger partial charge < -0.3 is 10.2 Å². The quantitative estimate of drug-likeness (QED) is 0.922. The summed E-state index contributed by atoms with van der Waals surface area (Å²) < 4.78 is 12.8. The van der Waals surface area contributed by atoms with Crippen LogP contribution >= 0.6 is 0 Å². The molecule has 0 radical (unpaired) electrons. The summed E-state index contributed by atoms with van der Waals surface area (Å²) in [6.07, 6.45) is 9.94. The standard InChI is InChI=1S/C18H21FN4/c19-16-8-6-15(7-9-16)4-1-10-20-17-5-2-13-23(14-17)18-21-11-3-12-22-18/h1,3-4,6-9,11-12,17,20H,2,5,10,13-14H2. The molecule has 1 aliphatic heterocycles. The van der Waals surface area contributed by atoms with Crippen molar-refractivity contribution >= 4 is 12.0 Å². The monoisotopic (exact) mass is 312 g/mol. The third-order valence-corrected chi connectivity index (χ3v) is 3.96. The van der Waals surface area contributed by atoms with Gasteiger partial charge in [0.1, 0.15) is 5.82 Å². The topological polar surface area (TPSA) is 41.0 Å². The summed E-state index contributed by atoms with van der Waals surface area (Å²) in [6.45, 7) is 2.73. The zero-order valence-corrected chi connectivity index (χ0v) is 13.0. The molecule has 1 fully saturated rings. The molecule has 0 bridgehead atoms. The normalized spacial score (nSPS) is 18.5. The molecule has 2 aromatic rings. The lowest BCUT2D eigenvalue weighted by Gasteiger charge is -2.33. The highest BCUT2D eigenvalue weighted by atomic mass is 19.1. The number of halogens is 1. The summed E-state index contributed by atoms with van der Waals surface area (Å²) in [5.74, 6) is 0.603. The van der Waals surface area contributed by atoms with Gasteiger partial charge in [-0.05, 0) is 36.6 Å². The molecule has 1 unspecified atom stereocenters. The van der Waals surface area contributed by atoms with Gasteiger partial charge in [-0.15, -0.1) is 0 Å². The van der Waals surface area contributed by atoms with Crippen LogP contribution < -0.4 is 10.2 Å². The maximum absolute atomic E-state index is 12.8. The van der Waals surface area contributed by atoms with E-state index in [2.05, 4.69) is 26.3 Å². The molecular weight excluding hydrogens is 291 g/mol. The Bertz CT molecular complexity index is 627. The van der Waals surface area contributed by atoms with E-state index in [-0.39, 0.29) is 5.82 Å². The number of aromatic nitrogens is 2. The van der Waals surface area contributed by atoms with Crippen LogP contribution in [-0.4, -0.2) is 35.6 Å². The zero-order valence-electron chi connectivity index (χ0n) is 13.0. The van der Waals surface area contributed by atoms with Gasteiger partial charge >= 0.3 is 0 Å². The van der Waals surface area contributed by atoms with E-state index in [1.54, 1.807) is 24.5 Å². The van der Waals surface area contributed by atoms with Crippen LogP contribution in [0.3, 0.4) is 0 Å². The van der Waals surface area contributed by atoms with Crippen LogP contribution in [0.1, 0.15) is 18.4 Å². The zero-order chi connectivity index (χ0) is 15.9. The SMILES string of the molecule is Fc1ccc(C=CCNC2CCCN(c3ncccn3)C2)cc1. The van der Waals surface area contributed by atoms with E-state index in [4.69, 9.17) is 0 Å². The smallest absolute Gasteiger partial charge is 0.225 e. The molecule has 3 rings (SSSR count). The fourth-order valence-electron chi connectivity index (χ4n) is 2.78. The molecular formula is C18H21FN4. The lowest BCUT2D eigenvalue weighted by Crippen LogP contribution is -2.46. The average Bonchev–Trinajstić information content (AvgIpc) is 2.61. The molecule has 1 aromatic carbocycles. The molecule has 23 heavy (non-hydrogen) atoms. The highest BCUT2D eigenvalue weighted by Crippen LogP contribution is 2.15. The van der Waals surface area contributed by atoms with Crippen molar-refractivity contribution in [1.29, 1.82) is 0 Å². The molecule has 0 saturated carbocycles. The summed E-state index contributed by atoms with van der Waals surface area (Å²) in [5.41, 5.74) is 1.01. The van der Waals surface area contributed by atoms with Gasteiger partial charge in [0, 0.05) is 38.1 Å². The van der Waals surface area contributed by atoms with Gasteiger partial charge in [-0.2, -0.15) is 0 Å². The Morgan fingerprint density at radius 3 is 2.78 bits per heavy atom. The summed E-state index contributed by atoms with van der Waals surface area (Å²) in [4.78, 5) is 10.9. The van der Waals surface area contributed by atoms with E-state index in [0.717, 1.165) is 44.0 Å². The van der Waals surface area contributed by atoms with Crippen LogP contribution in [0.2, 0.25) is 0 Å². The van der Waals surface area contributed by atoms with Gasteiger partial charge in [-0.1, -0.05) is 24.3 Å². The number of hydrogen-bond acceptors (Lipinski definition) is 4. The average molecular weight is 312 g/mol. The molecule has 0 aliphatic carbocycles. The van der Waals surface area contributed by atoms with Crippen molar-refractivity contribution in [3.8, 4) is 0 Å². The van der Waals surface area contributed by atoms with Gasteiger partial charge in [-0.25, -0.2) is 14.4 Å². The maximum atomic E-state index is 12.8. The second-order valence-corrected chi connectivity index (χ2v) is 5.70. The summed E-state index contributed by atoms with van der Waals surface area (Å²) in [6, 6.07) is 8.79. The lowest BCUT2D eigenvalue weighted by atomic mass is 10.1. The number of rotatable bonds is 5. The highest BCUT2D eigenvalue weighted by molar-refractivity contribution is 5.48. The van der Waals surface area contributed by atoms with Crippen molar-refractivity contribution in [2.45, 2.75) is 18.9 Å². The molecule has 1 aromatic heterocycles. The fourth-order valence-corrected chi connectivity index (χ4v) is 2.78. The maximum Gasteiger partial charge on any atom is 0.225 e. The van der Waals surface area contributed by atoms with Crippen LogP contribution in [0.15, 0.2) is 48.8 Å². The number of piperidine rings is 1. The van der Waals surface area contributed by atoms with Crippen LogP contribution in [0.4, 0.5) is 10.3 Å². The van der Waals surface area contributed by atoms with Gasteiger partial charge in [0.2, 0.25) is 5.95 Å². The first-order valence-corrected chi connectivity index (χ1v) is 7.99. The van der Waals surface area contributed by atoms with E-state index in [9.17, 15) is 4.39 Å². The number of hydrogen-bond donors (Lipinski definition) is 1. The van der Waals surface area contributed by atoms with Crippen molar-refractivity contribution in [2.24, 2.45) is 0 Å². The molecule has 1 atom stereocenters. The predicted octanol–water partition coefficient (Wildman–Crippen LogP) is 2.89. The van der Waals surface area contributed by atoms with Crippen LogP contribution in [0.25, 0.3) is 6.08 Å².